The third kappa shape index (κ3) is 3.38. The summed E-state index contributed by atoms with van der Waals surface area (Å²) in [6.45, 7) is 3.25. The van der Waals surface area contributed by atoms with E-state index < -0.39 is 5.82 Å². The molecule has 6 heteroatoms. The fourth-order valence-electron chi connectivity index (χ4n) is 3.61. The molecule has 0 radical (unpaired) electrons. The number of hydrogen-bond acceptors (Lipinski definition) is 4. The molecule has 2 fully saturated rings. The summed E-state index contributed by atoms with van der Waals surface area (Å²) in [5, 5.41) is 3.74. The fraction of sp³-hybridized carbons (Fsp3) is 0.625. The van der Waals surface area contributed by atoms with Crippen LogP contribution in [0.4, 0.5) is 10.1 Å². The molecule has 3 rings (SSSR count). The molecule has 1 aliphatic heterocycles. The van der Waals surface area contributed by atoms with E-state index in [1.54, 1.807) is 12.1 Å². The molecule has 1 saturated carbocycles. The van der Waals surface area contributed by atoms with Gasteiger partial charge in [-0.2, -0.15) is 0 Å². The number of nitrogens with one attached hydrogen (secondary N) is 1. The van der Waals surface area contributed by atoms with Gasteiger partial charge in [-0.15, -0.1) is 0 Å². The molecular weight excluding hydrogens is 305 g/mol. The predicted molar refractivity (Wildman–Crippen MR) is 86.6 cm³/mol. The van der Waals surface area contributed by atoms with E-state index in [1.165, 1.54) is 6.07 Å². The van der Waals surface area contributed by atoms with Crippen molar-refractivity contribution < 1.29 is 9.13 Å². The van der Waals surface area contributed by atoms with Gasteiger partial charge < -0.3 is 15.8 Å². The van der Waals surface area contributed by atoms with Gasteiger partial charge in [0.25, 0.3) is 0 Å². The number of morpholine rings is 1. The van der Waals surface area contributed by atoms with E-state index in [4.69, 9.17) is 22.1 Å². The van der Waals surface area contributed by atoms with E-state index in [2.05, 4.69) is 10.2 Å². The first-order valence-electron chi connectivity index (χ1n) is 7.91. The highest BCUT2D eigenvalue weighted by molar-refractivity contribution is 6.31. The van der Waals surface area contributed by atoms with Gasteiger partial charge in [0.15, 0.2) is 0 Å². The SMILES string of the molecule is NC1CCCC(Nc2ccc(F)c(Cl)c2)(N2CCOCC2)C1. The molecule has 1 aromatic carbocycles. The summed E-state index contributed by atoms with van der Waals surface area (Å²) in [7, 11) is 0. The van der Waals surface area contributed by atoms with Crippen LogP contribution in [0.1, 0.15) is 25.7 Å². The van der Waals surface area contributed by atoms with Crippen molar-refractivity contribution in [3.63, 3.8) is 0 Å². The molecule has 0 spiro atoms. The zero-order chi connectivity index (χ0) is 15.6. The van der Waals surface area contributed by atoms with Crippen LogP contribution in [0.5, 0.6) is 0 Å². The van der Waals surface area contributed by atoms with Crippen molar-refractivity contribution in [3.05, 3.63) is 29.0 Å². The highest BCUT2D eigenvalue weighted by Gasteiger charge is 2.41. The van der Waals surface area contributed by atoms with Gasteiger partial charge in [0, 0.05) is 24.8 Å². The second kappa shape index (κ2) is 6.71. The lowest BCUT2D eigenvalue weighted by molar-refractivity contribution is -0.0280. The van der Waals surface area contributed by atoms with E-state index in [-0.39, 0.29) is 16.7 Å². The topological polar surface area (TPSA) is 50.5 Å². The Morgan fingerprint density at radius 2 is 2.14 bits per heavy atom. The van der Waals surface area contributed by atoms with E-state index in [9.17, 15) is 4.39 Å². The Morgan fingerprint density at radius 1 is 1.36 bits per heavy atom. The third-order valence-corrected chi connectivity index (χ3v) is 4.97. The summed E-state index contributed by atoms with van der Waals surface area (Å²) in [6, 6.07) is 4.98. The van der Waals surface area contributed by atoms with E-state index in [1.807, 2.05) is 0 Å². The number of nitrogens with zero attached hydrogens (tertiary/aromatic N) is 1. The summed E-state index contributed by atoms with van der Waals surface area (Å²) in [6.07, 6.45) is 4.04. The van der Waals surface area contributed by atoms with Gasteiger partial charge in [0.05, 0.1) is 23.9 Å². The molecule has 2 aliphatic rings. The maximum atomic E-state index is 13.4. The van der Waals surface area contributed by atoms with Crippen LogP contribution >= 0.6 is 11.6 Å². The summed E-state index contributed by atoms with van der Waals surface area (Å²) < 4.78 is 18.9. The number of rotatable bonds is 3. The Kier molecular flexibility index (Phi) is 4.88. The van der Waals surface area contributed by atoms with Crippen molar-refractivity contribution >= 4 is 17.3 Å². The summed E-state index contributed by atoms with van der Waals surface area (Å²) in [5.41, 5.74) is 6.89. The third-order valence-electron chi connectivity index (χ3n) is 4.68. The molecule has 0 aromatic heterocycles. The number of halogens is 2. The molecule has 3 N–H and O–H groups in total. The largest absolute Gasteiger partial charge is 0.379 e. The molecule has 1 aliphatic carbocycles. The van der Waals surface area contributed by atoms with Gasteiger partial charge in [-0.25, -0.2) is 4.39 Å². The molecular formula is C16H23ClFN3O. The van der Waals surface area contributed by atoms with Crippen LogP contribution in [0.3, 0.4) is 0 Å². The molecule has 1 saturated heterocycles. The van der Waals surface area contributed by atoms with Crippen molar-refractivity contribution in [1.82, 2.24) is 4.90 Å². The minimum Gasteiger partial charge on any atom is -0.379 e. The molecule has 122 valence electrons. The molecule has 0 bridgehead atoms. The number of benzene rings is 1. The van der Waals surface area contributed by atoms with E-state index in [0.717, 1.165) is 57.7 Å². The highest BCUT2D eigenvalue weighted by Crippen LogP contribution is 2.35. The van der Waals surface area contributed by atoms with Gasteiger partial charge in [0.2, 0.25) is 0 Å². The fourth-order valence-corrected chi connectivity index (χ4v) is 3.79. The van der Waals surface area contributed by atoms with Crippen molar-refractivity contribution in [2.24, 2.45) is 5.73 Å². The first-order chi connectivity index (χ1) is 10.6. The molecule has 22 heavy (non-hydrogen) atoms. The van der Waals surface area contributed by atoms with Crippen LogP contribution in [-0.2, 0) is 4.74 Å². The maximum absolute atomic E-state index is 13.4. The average Bonchev–Trinajstić information content (AvgIpc) is 2.52. The molecule has 1 aromatic rings. The standard InChI is InChI=1S/C16H23ClFN3O/c17-14-10-13(3-4-15(14)18)20-16(5-1-2-12(19)11-16)21-6-8-22-9-7-21/h3-4,10,12,20H,1-2,5-9,11,19H2. The lowest BCUT2D eigenvalue weighted by Crippen LogP contribution is -2.61. The second-order valence-corrected chi connectivity index (χ2v) is 6.65. The van der Waals surface area contributed by atoms with Crippen LogP contribution in [0.15, 0.2) is 18.2 Å². The lowest BCUT2D eigenvalue weighted by atomic mass is 9.84. The number of nitrogens with two attached hydrogens (primary N) is 1. The first kappa shape index (κ1) is 16.0. The van der Waals surface area contributed by atoms with Crippen molar-refractivity contribution in [1.29, 1.82) is 0 Å². The van der Waals surface area contributed by atoms with Gasteiger partial charge >= 0.3 is 0 Å². The van der Waals surface area contributed by atoms with E-state index >= 15 is 0 Å². The van der Waals surface area contributed by atoms with Gasteiger partial charge in [0.1, 0.15) is 5.82 Å². The van der Waals surface area contributed by atoms with Crippen molar-refractivity contribution in [2.75, 3.05) is 31.6 Å². The maximum Gasteiger partial charge on any atom is 0.141 e. The lowest BCUT2D eigenvalue weighted by Gasteiger charge is -2.50. The van der Waals surface area contributed by atoms with Crippen LogP contribution in [0.25, 0.3) is 0 Å². The van der Waals surface area contributed by atoms with Crippen LogP contribution in [0.2, 0.25) is 5.02 Å². The van der Waals surface area contributed by atoms with Crippen LogP contribution in [-0.4, -0.2) is 42.9 Å². The smallest absolute Gasteiger partial charge is 0.141 e. The van der Waals surface area contributed by atoms with Crippen molar-refractivity contribution in [3.8, 4) is 0 Å². The Labute approximate surface area is 135 Å². The monoisotopic (exact) mass is 327 g/mol. The zero-order valence-electron chi connectivity index (χ0n) is 12.7. The second-order valence-electron chi connectivity index (χ2n) is 6.24. The molecule has 2 atom stereocenters. The molecule has 1 heterocycles. The van der Waals surface area contributed by atoms with E-state index in [0.29, 0.717) is 0 Å². The summed E-state index contributed by atoms with van der Waals surface area (Å²) >= 11 is 5.92. The van der Waals surface area contributed by atoms with Crippen LogP contribution < -0.4 is 11.1 Å². The molecule has 0 amide bonds. The van der Waals surface area contributed by atoms with Crippen LogP contribution in [0, 0.1) is 5.82 Å². The zero-order valence-corrected chi connectivity index (χ0v) is 13.4. The molecule has 2 unspecified atom stereocenters. The average molecular weight is 328 g/mol. The molecule has 4 nitrogen and oxygen atoms in total. The predicted octanol–water partition coefficient (Wildman–Crippen LogP) is 2.82. The van der Waals surface area contributed by atoms with Gasteiger partial charge in [-0.05, 0) is 43.9 Å². The Bertz CT molecular complexity index is 524. The first-order valence-corrected chi connectivity index (χ1v) is 8.28. The van der Waals surface area contributed by atoms with Crippen molar-refractivity contribution in [2.45, 2.75) is 37.4 Å². The number of hydrogen-bond donors (Lipinski definition) is 2. The van der Waals surface area contributed by atoms with Gasteiger partial charge in [-0.1, -0.05) is 11.6 Å². The summed E-state index contributed by atoms with van der Waals surface area (Å²) in [4.78, 5) is 2.42. The minimum atomic E-state index is -0.395. The normalized spacial score (nSPS) is 30.2. The minimum absolute atomic E-state index is 0.141. The Hall–Kier alpha value is -0.880. The summed E-state index contributed by atoms with van der Waals surface area (Å²) in [5.74, 6) is -0.395. The number of anilines is 1. The number of ether oxygens (including phenoxy) is 1. The Balaban J connectivity index is 1.85. The highest BCUT2D eigenvalue weighted by atomic mass is 35.5. The quantitative estimate of drug-likeness (QED) is 0.896. The van der Waals surface area contributed by atoms with Gasteiger partial charge in [-0.3, -0.25) is 4.90 Å². The Morgan fingerprint density at radius 3 is 2.82 bits per heavy atom.